The minimum Gasteiger partial charge on any atom is -0.494 e. The minimum atomic E-state index is -4.14. The number of sulfonamides is 1. The van der Waals surface area contributed by atoms with Crippen LogP contribution in [0.4, 0.5) is 5.69 Å². The van der Waals surface area contributed by atoms with Crippen molar-refractivity contribution in [2.24, 2.45) is 0 Å². The van der Waals surface area contributed by atoms with Crippen molar-refractivity contribution in [1.82, 2.24) is 10.2 Å². The van der Waals surface area contributed by atoms with Crippen molar-refractivity contribution < 1.29 is 22.7 Å². The van der Waals surface area contributed by atoms with Gasteiger partial charge in [0.05, 0.1) is 17.2 Å². The number of rotatable bonds is 12. The highest BCUT2D eigenvalue weighted by Crippen LogP contribution is 2.27. The number of hydrogen-bond acceptors (Lipinski definition) is 5. The molecule has 0 aliphatic heterocycles. The van der Waals surface area contributed by atoms with Gasteiger partial charge in [0.1, 0.15) is 18.3 Å². The SMILES string of the molecule is CCOc1ccc(N(CC(=O)N(Cc2ccccc2Cl)C(C)C(=O)NC(C)C)S(=O)(=O)c2ccccc2)cc1. The molecule has 0 radical (unpaired) electrons. The molecular formula is C29H34ClN3O5S. The van der Waals surface area contributed by atoms with Gasteiger partial charge in [-0.3, -0.25) is 13.9 Å². The van der Waals surface area contributed by atoms with Crippen LogP contribution in [0.25, 0.3) is 0 Å². The van der Waals surface area contributed by atoms with Gasteiger partial charge in [-0.15, -0.1) is 0 Å². The molecule has 2 amide bonds. The van der Waals surface area contributed by atoms with Crippen LogP contribution < -0.4 is 14.4 Å². The van der Waals surface area contributed by atoms with Crippen LogP contribution in [0.1, 0.15) is 33.3 Å². The molecule has 3 aromatic rings. The zero-order chi connectivity index (χ0) is 28.6. The monoisotopic (exact) mass is 571 g/mol. The zero-order valence-corrected chi connectivity index (χ0v) is 24.1. The van der Waals surface area contributed by atoms with Crippen molar-refractivity contribution >= 4 is 39.1 Å². The molecule has 0 bridgehead atoms. The van der Waals surface area contributed by atoms with Gasteiger partial charge in [-0.25, -0.2) is 8.42 Å². The number of ether oxygens (including phenoxy) is 1. The van der Waals surface area contributed by atoms with Crippen molar-refractivity contribution in [3.63, 3.8) is 0 Å². The van der Waals surface area contributed by atoms with E-state index in [2.05, 4.69) is 5.32 Å². The van der Waals surface area contributed by atoms with Gasteiger partial charge >= 0.3 is 0 Å². The normalized spacial score (nSPS) is 12.1. The van der Waals surface area contributed by atoms with Crippen molar-refractivity contribution in [2.45, 2.75) is 51.2 Å². The van der Waals surface area contributed by atoms with E-state index in [4.69, 9.17) is 16.3 Å². The largest absolute Gasteiger partial charge is 0.494 e. The molecule has 0 aliphatic rings. The Hall–Kier alpha value is -3.56. The number of hydrogen-bond donors (Lipinski definition) is 1. The first-order valence-corrected chi connectivity index (χ1v) is 14.5. The lowest BCUT2D eigenvalue weighted by atomic mass is 10.1. The summed E-state index contributed by atoms with van der Waals surface area (Å²) in [6, 6.07) is 20.4. The Morgan fingerprint density at radius 2 is 1.54 bits per heavy atom. The lowest BCUT2D eigenvalue weighted by Crippen LogP contribution is -2.52. The first kappa shape index (κ1) is 30.0. The first-order valence-electron chi connectivity index (χ1n) is 12.7. The highest BCUT2D eigenvalue weighted by Gasteiger charge is 2.32. The van der Waals surface area contributed by atoms with Gasteiger partial charge < -0.3 is 15.0 Å². The summed E-state index contributed by atoms with van der Waals surface area (Å²) >= 11 is 6.38. The lowest BCUT2D eigenvalue weighted by Gasteiger charge is -2.32. The van der Waals surface area contributed by atoms with E-state index < -0.39 is 28.5 Å². The van der Waals surface area contributed by atoms with E-state index in [0.29, 0.717) is 22.9 Å². The topological polar surface area (TPSA) is 96.0 Å². The summed E-state index contributed by atoms with van der Waals surface area (Å²) in [5.74, 6) is -0.345. The Kier molecular flexibility index (Phi) is 10.4. The number of carbonyl (C=O) groups excluding carboxylic acids is 2. The first-order chi connectivity index (χ1) is 18.5. The molecule has 208 valence electrons. The van der Waals surface area contributed by atoms with E-state index in [9.17, 15) is 18.0 Å². The maximum atomic E-state index is 13.9. The third-order valence-electron chi connectivity index (χ3n) is 5.94. The molecule has 0 spiro atoms. The predicted octanol–water partition coefficient (Wildman–Crippen LogP) is 4.88. The molecule has 0 saturated carbocycles. The van der Waals surface area contributed by atoms with Gasteiger partial charge in [-0.05, 0) is 75.7 Å². The number of benzene rings is 3. The number of nitrogens with zero attached hydrogens (tertiary/aromatic N) is 2. The summed E-state index contributed by atoms with van der Waals surface area (Å²) in [5, 5.41) is 3.26. The smallest absolute Gasteiger partial charge is 0.264 e. The quantitative estimate of drug-likeness (QED) is 0.334. The van der Waals surface area contributed by atoms with Gasteiger partial charge in [0.15, 0.2) is 0 Å². The second kappa shape index (κ2) is 13.5. The molecule has 3 rings (SSSR count). The lowest BCUT2D eigenvalue weighted by molar-refractivity contribution is -0.139. The van der Waals surface area contributed by atoms with E-state index >= 15 is 0 Å². The van der Waals surface area contributed by atoms with Crippen LogP contribution >= 0.6 is 11.6 Å². The molecule has 0 aromatic heterocycles. The van der Waals surface area contributed by atoms with E-state index in [1.54, 1.807) is 73.7 Å². The maximum absolute atomic E-state index is 13.9. The van der Waals surface area contributed by atoms with Gasteiger partial charge in [0.25, 0.3) is 10.0 Å². The molecule has 39 heavy (non-hydrogen) atoms. The average Bonchev–Trinajstić information content (AvgIpc) is 2.91. The fourth-order valence-electron chi connectivity index (χ4n) is 3.92. The summed E-state index contributed by atoms with van der Waals surface area (Å²) < 4.78 is 34.1. The Morgan fingerprint density at radius 1 is 0.923 bits per heavy atom. The van der Waals surface area contributed by atoms with Gasteiger partial charge in [-0.2, -0.15) is 0 Å². The molecule has 0 fully saturated rings. The average molecular weight is 572 g/mol. The van der Waals surface area contributed by atoms with Crippen molar-refractivity contribution in [1.29, 1.82) is 0 Å². The molecule has 8 nitrogen and oxygen atoms in total. The van der Waals surface area contributed by atoms with E-state index in [1.165, 1.54) is 17.0 Å². The molecule has 1 unspecified atom stereocenters. The molecule has 0 saturated heterocycles. The van der Waals surface area contributed by atoms with E-state index in [-0.39, 0.29) is 29.1 Å². The molecule has 3 aromatic carbocycles. The van der Waals surface area contributed by atoms with Crippen LogP contribution in [0, 0.1) is 0 Å². The highest BCUT2D eigenvalue weighted by molar-refractivity contribution is 7.92. The second-order valence-electron chi connectivity index (χ2n) is 9.20. The van der Waals surface area contributed by atoms with Gasteiger partial charge in [-0.1, -0.05) is 48.0 Å². The fourth-order valence-corrected chi connectivity index (χ4v) is 5.55. The zero-order valence-electron chi connectivity index (χ0n) is 22.5. The van der Waals surface area contributed by atoms with Crippen LogP contribution in [0.15, 0.2) is 83.8 Å². The predicted molar refractivity (Wildman–Crippen MR) is 153 cm³/mol. The maximum Gasteiger partial charge on any atom is 0.264 e. The van der Waals surface area contributed by atoms with Crippen LogP contribution in [-0.2, 0) is 26.2 Å². The minimum absolute atomic E-state index is 0.0215. The van der Waals surface area contributed by atoms with E-state index in [0.717, 1.165) is 4.31 Å². The standard InChI is InChI=1S/C29H34ClN3O5S/c1-5-38-25-17-15-24(16-18-25)33(39(36,37)26-12-7-6-8-13-26)20-28(34)32(22(4)29(35)31-21(2)3)19-23-11-9-10-14-27(23)30/h6-18,21-22H,5,19-20H2,1-4H3,(H,31,35). The number of amides is 2. The number of nitrogens with one attached hydrogen (secondary N) is 1. The summed E-state index contributed by atoms with van der Waals surface area (Å²) in [6.45, 7) is 7.05. The van der Waals surface area contributed by atoms with Crippen molar-refractivity contribution in [2.75, 3.05) is 17.5 Å². The fraction of sp³-hybridized carbons (Fsp3) is 0.310. The molecular weight excluding hydrogens is 538 g/mol. The number of anilines is 1. The Balaban J connectivity index is 2.03. The summed E-state index contributed by atoms with van der Waals surface area (Å²) in [7, 11) is -4.14. The van der Waals surface area contributed by atoms with Crippen LogP contribution in [0.5, 0.6) is 5.75 Å². The van der Waals surface area contributed by atoms with Gasteiger partial charge in [0, 0.05) is 17.6 Å². The van der Waals surface area contributed by atoms with Crippen molar-refractivity contribution in [3.05, 3.63) is 89.4 Å². The number of halogens is 1. The molecule has 10 heteroatoms. The van der Waals surface area contributed by atoms with Crippen LogP contribution in [-0.4, -0.2) is 50.4 Å². The Morgan fingerprint density at radius 3 is 2.13 bits per heavy atom. The second-order valence-corrected chi connectivity index (χ2v) is 11.5. The highest BCUT2D eigenvalue weighted by atomic mass is 35.5. The molecule has 0 heterocycles. The third-order valence-corrected chi connectivity index (χ3v) is 8.10. The van der Waals surface area contributed by atoms with Gasteiger partial charge in [0.2, 0.25) is 11.8 Å². The van der Waals surface area contributed by atoms with Crippen LogP contribution in [0.2, 0.25) is 5.02 Å². The summed E-state index contributed by atoms with van der Waals surface area (Å²) in [5.41, 5.74) is 0.919. The molecule has 1 N–H and O–H groups in total. The van der Waals surface area contributed by atoms with Crippen molar-refractivity contribution in [3.8, 4) is 5.75 Å². The summed E-state index contributed by atoms with van der Waals surface area (Å²) in [6.07, 6.45) is 0. The molecule has 1 atom stereocenters. The third kappa shape index (κ3) is 7.74. The summed E-state index contributed by atoms with van der Waals surface area (Å²) in [4.78, 5) is 28.2. The Labute approximate surface area is 235 Å². The van der Waals surface area contributed by atoms with E-state index in [1.807, 2.05) is 20.8 Å². The Bertz CT molecular complexity index is 1370. The molecule has 0 aliphatic carbocycles. The van der Waals surface area contributed by atoms with Crippen LogP contribution in [0.3, 0.4) is 0 Å². The number of carbonyl (C=O) groups is 2.